The van der Waals surface area contributed by atoms with E-state index < -0.39 is 9.84 Å². The summed E-state index contributed by atoms with van der Waals surface area (Å²) < 4.78 is 21.6. The van der Waals surface area contributed by atoms with E-state index in [1.165, 1.54) is 6.26 Å². The van der Waals surface area contributed by atoms with Crippen molar-refractivity contribution >= 4 is 9.84 Å². The Morgan fingerprint density at radius 1 is 1.62 bits per heavy atom. The second kappa shape index (κ2) is 6.12. The second-order valence-corrected chi connectivity index (χ2v) is 5.42. The first-order valence-corrected chi connectivity index (χ1v) is 6.30. The number of rotatable bonds is 7. The Labute approximate surface area is 80.1 Å². The minimum Gasteiger partial charge on any atom is -0.271 e. The summed E-state index contributed by atoms with van der Waals surface area (Å²) in [5, 5.41) is 0. The molecule has 0 fully saturated rings. The van der Waals surface area contributed by atoms with Crippen LogP contribution in [0.15, 0.2) is 12.7 Å². The molecule has 0 amide bonds. The molecule has 0 radical (unpaired) electrons. The van der Waals surface area contributed by atoms with E-state index in [2.05, 4.69) is 12.0 Å². The Kier molecular flexibility index (Phi) is 5.94. The van der Waals surface area contributed by atoms with Crippen LogP contribution < -0.4 is 11.3 Å². The zero-order chi connectivity index (χ0) is 10.3. The Morgan fingerprint density at radius 2 is 2.23 bits per heavy atom. The predicted molar refractivity (Wildman–Crippen MR) is 54.9 cm³/mol. The fourth-order valence-electron chi connectivity index (χ4n) is 1.06. The number of sulfone groups is 1. The molecule has 13 heavy (non-hydrogen) atoms. The molecule has 0 aromatic carbocycles. The lowest BCUT2D eigenvalue weighted by Crippen LogP contribution is -2.34. The highest BCUT2D eigenvalue weighted by atomic mass is 32.2. The third kappa shape index (κ3) is 7.95. The number of nitrogens with one attached hydrogen (secondary N) is 1. The van der Waals surface area contributed by atoms with Gasteiger partial charge >= 0.3 is 0 Å². The van der Waals surface area contributed by atoms with Crippen molar-refractivity contribution in [3.8, 4) is 0 Å². The Hall–Kier alpha value is -0.390. The van der Waals surface area contributed by atoms with Crippen molar-refractivity contribution in [2.24, 2.45) is 5.84 Å². The van der Waals surface area contributed by atoms with Crippen molar-refractivity contribution < 1.29 is 8.42 Å². The summed E-state index contributed by atoms with van der Waals surface area (Å²) in [6, 6.07) is 0.138. The molecular weight excluding hydrogens is 188 g/mol. The molecule has 1 unspecified atom stereocenters. The van der Waals surface area contributed by atoms with Crippen molar-refractivity contribution in [1.29, 1.82) is 0 Å². The van der Waals surface area contributed by atoms with Crippen LogP contribution in [0.2, 0.25) is 0 Å². The molecule has 0 rings (SSSR count). The van der Waals surface area contributed by atoms with Crippen molar-refractivity contribution in [3.05, 3.63) is 12.7 Å². The number of hydrazine groups is 1. The molecule has 1 atom stereocenters. The number of nitrogens with two attached hydrogens (primary N) is 1. The Balaban J connectivity index is 3.67. The zero-order valence-electron chi connectivity index (χ0n) is 7.99. The smallest absolute Gasteiger partial charge is 0.147 e. The quantitative estimate of drug-likeness (QED) is 0.355. The lowest BCUT2D eigenvalue weighted by Gasteiger charge is -2.12. The van der Waals surface area contributed by atoms with Gasteiger partial charge in [0.2, 0.25) is 0 Å². The maximum atomic E-state index is 10.8. The first-order valence-electron chi connectivity index (χ1n) is 4.24. The molecule has 78 valence electrons. The summed E-state index contributed by atoms with van der Waals surface area (Å²) in [5.74, 6) is 5.49. The molecule has 0 aromatic rings. The van der Waals surface area contributed by atoms with Gasteiger partial charge in [-0.1, -0.05) is 6.08 Å². The van der Waals surface area contributed by atoms with E-state index in [9.17, 15) is 8.42 Å². The van der Waals surface area contributed by atoms with Crippen molar-refractivity contribution in [1.82, 2.24) is 5.43 Å². The van der Waals surface area contributed by atoms with Gasteiger partial charge in [-0.3, -0.25) is 11.3 Å². The van der Waals surface area contributed by atoms with Crippen molar-refractivity contribution in [2.75, 3.05) is 12.0 Å². The molecule has 0 aliphatic rings. The first-order chi connectivity index (χ1) is 5.99. The van der Waals surface area contributed by atoms with Gasteiger partial charge in [0.05, 0.1) is 0 Å². The average molecular weight is 206 g/mol. The molecule has 5 heteroatoms. The van der Waals surface area contributed by atoms with Crippen molar-refractivity contribution in [2.45, 2.75) is 25.3 Å². The van der Waals surface area contributed by atoms with Crippen LogP contribution in [-0.4, -0.2) is 26.5 Å². The molecule has 4 nitrogen and oxygen atoms in total. The maximum absolute atomic E-state index is 10.8. The molecule has 0 bridgehead atoms. The van der Waals surface area contributed by atoms with Crippen LogP contribution in [-0.2, 0) is 9.84 Å². The van der Waals surface area contributed by atoms with Crippen LogP contribution in [0.25, 0.3) is 0 Å². The van der Waals surface area contributed by atoms with E-state index in [4.69, 9.17) is 5.84 Å². The van der Waals surface area contributed by atoms with Crippen LogP contribution in [0.4, 0.5) is 0 Å². The molecule has 0 aliphatic heterocycles. The molecule has 0 aliphatic carbocycles. The molecular formula is C8H18N2O2S. The largest absolute Gasteiger partial charge is 0.271 e. The minimum atomic E-state index is -2.84. The standard InChI is InChI=1S/C8H18N2O2S/c1-3-5-8(10-9)6-4-7-13(2,11)12/h3,8,10H,1,4-7,9H2,2H3. The van der Waals surface area contributed by atoms with Crippen LogP contribution in [0.3, 0.4) is 0 Å². The second-order valence-electron chi connectivity index (χ2n) is 3.16. The summed E-state index contributed by atoms with van der Waals surface area (Å²) in [6.07, 6.45) is 5.17. The topological polar surface area (TPSA) is 72.2 Å². The van der Waals surface area contributed by atoms with Crippen LogP contribution in [0.1, 0.15) is 19.3 Å². The number of hydrogen-bond donors (Lipinski definition) is 2. The van der Waals surface area contributed by atoms with Gasteiger partial charge in [0.15, 0.2) is 0 Å². The summed E-state index contributed by atoms with van der Waals surface area (Å²) in [5.41, 5.74) is 2.62. The summed E-state index contributed by atoms with van der Waals surface area (Å²) >= 11 is 0. The van der Waals surface area contributed by atoms with E-state index in [0.717, 1.165) is 12.8 Å². The Morgan fingerprint density at radius 3 is 2.62 bits per heavy atom. The molecule has 0 aromatic heterocycles. The molecule has 0 saturated carbocycles. The van der Waals surface area contributed by atoms with E-state index in [0.29, 0.717) is 6.42 Å². The molecule has 0 heterocycles. The summed E-state index contributed by atoms with van der Waals surface area (Å²) in [4.78, 5) is 0. The van der Waals surface area contributed by atoms with Gasteiger partial charge in [-0.25, -0.2) is 8.42 Å². The monoisotopic (exact) mass is 206 g/mol. The highest BCUT2D eigenvalue weighted by Crippen LogP contribution is 2.03. The lowest BCUT2D eigenvalue weighted by atomic mass is 10.1. The van der Waals surface area contributed by atoms with Gasteiger partial charge in [0, 0.05) is 18.1 Å². The zero-order valence-corrected chi connectivity index (χ0v) is 8.81. The summed E-state index contributed by atoms with van der Waals surface area (Å²) in [7, 11) is -2.84. The van der Waals surface area contributed by atoms with Gasteiger partial charge in [-0.15, -0.1) is 6.58 Å². The van der Waals surface area contributed by atoms with E-state index in [1.807, 2.05) is 0 Å². The SMILES string of the molecule is C=CCC(CCCS(C)(=O)=O)NN. The normalized spacial score (nSPS) is 14.0. The summed E-state index contributed by atoms with van der Waals surface area (Å²) in [6.45, 7) is 3.59. The first kappa shape index (κ1) is 12.6. The molecule has 0 saturated heterocycles. The van der Waals surface area contributed by atoms with E-state index in [-0.39, 0.29) is 11.8 Å². The maximum Gasteiger partial charge on any atom is 0.147 e. The number of hydrogen-bond acceptors (Lipinski definition) is 4. The van der Waals surface area contributed by atoms with Gasteiger partial charge in [-0.2, -0.15) is 0 Å². The predicted octanol–water partition coefficient (Wildman–Crippen LogP) is 0.219. The van der Waals surface area contributed by atoms with Crippen LogP contribution >= 0.6 is 0 Å². The molecule has 3 N–H and O–H groups in total. The van der Waals surface area contributed by atoms with Crippen LogP contribution in [0.5, 0.6) is 0 Å². The lowest BCUT2D eigenvalue weighted by molar-refractivity contribution is 0.492. The minimum absolute atomic E-state index is 0.138. The van der Waals surface area contributed by atoms with Crippen LogP contribution in [0, 0.1) is 0 Å². The fourth-order valence-corrected chi connectivity index (χ4v) is 1.75. The third-order valence-electron chi connectivity index (χ3n) is 1.75. The van der Waals surface area contributed by atoms with Crippen molar-refractivity contribution in [3.63, 3.8) is 0 Å². The van der Waals surface area contributed by atoms with E-state index >= 15 is 0 Å². The van der Waals surface area contributed by atoms with E-state index in [1.54, 1.807) is 6.08 Å². The van der Waals surface area contributed by atoms with Gasteiger partial charge in [-0.05, 0) is 19.3 Å². The highest BCUT2D eigenvalue weighted by Gasteiger charge is 2.06. The highest BCUT2D eigenvalue weighted by molar-refractivity contribution is 7.90. The van der Waals surface area contributed by atoms with Gasteiger partial charge < -0.3 is 0 Å². The van der Waals surface area contributed by atoms with Gasteiger partial charge in [0.25, 0.3) is 0 Å². The third-order valence-corrected chi connectivity index (χ3v) is 2.78. The fraction of sp³-hybridized carbons (Fsp3) is 0.750. The average Bonchev–Trinajstić information content (AvgIpc) is 2.01. The van der Waals surface area contributed by atoms with Gasteiger partial charge in [0.1, 0.15) is 9.84 Å². The molecule has 0 spiro atoms. The Bertz CT molecular complexity index is 237.